The molecule has 0 aliphatic carbocycles. The van der Waals surface area contributed by atoms with E-state index in [0.717, 1.165) is 12.8 Å². The molecule has 0 fully saturated rings. The van der Waals surface area contributed by atoms with Gasteiger partial charge in [-0.25, -0.2) is 0 Å². The molecule has 0 heterocycles. The minimum atomic E-state index is -0.194. The Morgan fingerprint density at radius 1 is 1.60 bits per heavy atom. The van der Waals surface area contributed by atoms with E-state index >= 15 is 0 Å². The van der Waals surface area contributed by atoms with Crippen LogP contribution in [0.15, 0.2) is 12.2 Å². The first-order valence-corrected chi connectivity index (χ1v) is 3.32. The molecule has 10 heavy (non-hydrogen) atoms. The van der Waals surface area contributed by atoms with Gasteiger partial charge in [-0.2, -0.15) is 0 Å². The van der Waals surface area contributed by atoms with Gasteiger partial charge in [0.1, 0.15) is 0 Å². The van der Waals surface area contributed by atoms with E-state index in [-0.39, 0.29) is 5.97 Å². The van der Waals surface area contributed by atoms with Crippen LogP contribution in [0.3, 0.4) is 0 Å². The maximum absolute atomic E-state index is 10.5. The first kappa shape index (κ1) is 9.21. The highest BCUT2D eigenvalue weighted by molar-refractivity contribution is 5.70. The van der Waals surface area contributed by atoms with Crippen molar-refractivity contribution in [2.45, 2.75) is 19.3 Å². The van der Waals surface area contributed by atoms with Gasteiger partial charge < -0.3 is 4.74 Å². The van der Waals surface area contributed by atoms with Crippen LogP contribution in [0.2, 0.25) is 0 Å². The smallest absolute Gasteiger partial charge is 0.309 e. The number of carbonyl (C=O) groups excluding carboxylic acids is 1. The molecule has 2 nitrogen and oxygen atoms in total. The summed E-state index contributed by atoms with van der Waals surface area (Å²) in [5.41, 5.74) is 0. The Kier molecular flexibility index (Phi) is 5.83. The highest BCUT2D eigenvalue weighted by atomic mass is 16.5. The fraction of sp³-hybridized carbons (Fsp3) is 0.500. The molecule has 0 spiro atoms. The molecule has 0 N–H and O–H groups in total. The van der Waals surface area contributed by atoms with E-state index in [1.807, 2.05) is 6.08 Å². The standard InChI is InChI=1S/C8H13O2/c1-3-4-5-6-7-8(9)10-2/h5-6H,1,3-4,7H2,2H3/b6-5+. The molecule has 0 saturated carbocycles. The second kappa shape index (κ2) is 6.33. The second-order valence-corrected chi connectivity index (χ2v) is 1.89. The Hall–Kier alpha value is -0.790. The maximum atomic E-state index is 10.5. The normalized spacial score (nSPS) is 10.2. The number of esters is 1. The lowest BCUT2D eigenvalue weighted by Crippen LogP contribution is -1.96. The van der Waals surface area contributed by atoms with Crippen LogP contribution in [0, 0.1) is 6.92 Å². The number of hydrogen-bond donors (Lipinski definition) is 0. The Morgan fingerprint density at radius 2 is 2.30 bits per heavy atom. The van der Waals surface area contributed by atoms with Crippen molar-refractivity contribution in [3.8, 4) is 0 Å². The van der Waals surface area contributed by atoms with Crippen LogP contribution in [0.1, 0.15) is 19.3 Å². The van der Waals surface area contributed by atoms with Crippen molar-refractivity contribution < 1.29 is 9.53 Å². The molecule has 0 aromatic rings. The first-order valence-electron chi connectivity index (χ1n) is 3.32. The van der Waals surface area contributed by atoms with Crippen LogP contribution < -0.4 is 0 Å². The zero-order valence-corrected chi connectivity index (χ0v) is 6.30. The van der Waals surface area contributed by atoms with Crippen molar-refractivity contribution in [3.05, 3.63) is 19.1 Å². The molecule has 0 aromatic heterocycles. The maximum Gasteiger partial charge on any atom is 0.309 e. The lowest BCUT2D eigenvalue weighted by molar-refractivity contribution is -0.139. The third-order valence-corrected chi connectivity index (χ3v) is 1.05. The van der Waals surface area contributed by atoms with E-state index in [1.54, 1.807) is 6.08 Å². The molecule has 1 radical (unpaired) electrons. The van der Waals surface area contributed by atoms with E-state index in [2.05, 4.69) is 11.7 Å². The van der Waals surface area contributed by atoms with Gasteiger partial charge in [-0.15, -0.1) is 0 Å². The van der Waals surface area contributed by atoms with Gasteiger partial charge in [-0.05, 0) is 12.8 Å². The van der Waals surface area contributed by atoms with Gasteiger partial charge >= 0.3 is 5.97 Å². The first-order chi connectivity index (χ1) is 4.81. The largest absolute Gasteiger partial charge is 0.469 e. The van der Waals surface area contributed by atoms with Crippen molar-refractivity contribution in [1.29, 1.82) is 0 Å². The lowest BCUT2D eigenvalue weighted by Gasteiger charge is -1.90. The summed E-state index contributed by atoms with van der Waals surface area (Å²) in [7, 11) is 1.39. The third kappa shape index (κ3) is 5.35. The summed E-state index contributed by atoms with van der Waals surface area (Å²) in [6.07, 6.45) is 5.91. The average Bonchev–Trinajstić information content (AvgIpc) is 1.98. The molecule has 0 saturated heterocycles. The van der Waals surface area contributed by atoms with E-state index in [9.17, 15) is 4.79 Å². The summed E-state index contributed by atoms with van der Waals surface area (Å²) in [4.78, 5) is 10.5. The second-order valence-electron chi connectivity index (χ2n) is 1.89. The number of carbonyl (C=O) groups is 1. The summed E-state index contributed by atoms with van der Waals surface area (Å²) in [6.45, 7) is 3.66. The van der Waals surface area contributed by atoms with Gasteiger partial charge in [0.15, 0.2) is 0 Å². The van der Waals surface area contributed by atoms with Crippen molar-refractivity contribution in [1.82, 2.24) is 0 Å². The van der Waals surface area contributed by atoms with Crippen LogP contribution in [-0.4, -0.2) is 13.1 Å². The molecule has 0 aliphatic rings. The zero-order valence-electron chi connectivity index (χ0n) is 6.30. The number of ether oxygens (including phenoxy) is 1. The van der Waals surface area contributed by atoms with Crippen molar-refractivity contribution in [3.63, 3.8) is 0 Å². The Morgan fingerprint density at radius 3 is 2.80 bits per heavy atom. The van der Waals surface area contributed by atoms with Gasteiger partial charge in [-0.3, -0.25) is 4.79 Å². The molecule has 0 rings (SSSR count). The van der Waals surface area contributed by atoms with Crippen molar-refractivity contribution in [2.24, 2.45) is 0 Å². The van der Waals surface area contributed by atoms with Gasteiger partial charge in [0.25, 0.3) is 0 Å². The lowest BCUT2D eigenvalue weighted by atomic mass is 10.3. The number of unbranched alkanes of at least 4 members (excludes halogenated alkanes) is 1. The average molecular weight is 141 g/mol. The Balaban J connectivity index is 3.25. The molecule has 57 valence electrons. The predicted molar refractivity (Wildman–Crippen MR) is 40.4 cm³/mol. The minimum absolute atomic E-state index is 0.194. The predicted octanol–water partition coefficient (Wildman–Crippen LogP) is 1.72. The number of methoxy groups -OCH3 is 1. The highest BCUT2D eigenvalue weighted by Crippen LogP contribution is 1.91. The number of rotatable bonds is 4. The molecule has 0 atom stereocenters. The molecule has 0 bridgehead atoms. The summed E-state index contributed by atoms with van der Waals surface area (Å²) in [5, 5.41) is 0. The van der Waals surface area contributed by atoms with Gasteiger partial charge in [0.05, 0.1) is 13.5 Å². The van der Waals surface area contributed by atoms with Gasteiger partial charge in [-0.1, -0.05) is 19.1 Å². The topological polar surface area (TPSA) is 26.3 Å². The summed E-state index contributed by atoms with van der Waals surface area (Å²) in [6, 6.07) is 0. The molecule has 2 heteroatoms. The van der Waals surface area contributed by atoms with Gasteiger partial charge in [0, 0.05) is 0 Å². The van der Waals surface area contributed by atoms with Crippen LogP contribution in [0.4, 0.5) is 0 Å². The van der Waals surface area contributed by atoms with E-state index in [4.69, 9.17) is 0 Å². The quantitative estimate of drug-likeness (QED) is 0.440. The number of hydrogen-bond acceptors (Lipinski definition) is 2. The van der Waals surface area contributed by atoms with Crippen LogP contribution in [0.25, 0.3) is 0 Å². The SMILES string of the molecule is [CH2]CC/C=C/CC(=O)OC. The van der Waals surface area contributed by atoms with Crippen molar-refractivity contribution >= 4 is 5.97 Å². The van der Waals surface area contributed by atoms with E-state index in [1.165, 1.54) is 7.11 Å². The van der Waals surface area contributed by atoms with E-state index in [0.29, 0.717) is 6.42 Å². The minimum Gasteiger partial charge on any atom is -0.469 e. The molecule has 0 amide bonds. The Bertz CT molecular complexity index is 116. The Labute approximate surface area is 61.9 Å². The fourth-order valence-electron chi connectivity index (χ4n) is 0.499. The van der Waals surface area contributed by atoms with Gasteiger partial charge in [0.2, 0.25) is 0 Å². The molecule has 0 aliphatic heterocycles. The van der Waals surface area contributed by atoms with Crippen molar-refractivity contribution in [2.75, 3.05) is 7.11 Å². The summed E-state index contributed by atoms with van der Waals surface area (Å²) >= 11 is 0. The highest BCUT2D eigenvalue weighted by Gasteiger charge is 1.92. The molecule has 0 aromatic carbocycles. The molecular formula is C8H13O2. The zero-order chi connectivity index (χ0) is 7.82. The van der Waals surface area contributed by atoms with Crippen LogP contribution >= 0.6 is 0 Å². The molecular weight excluding hydrogens is 128 g/mol. The summed E-state index contributed by atoms with van der Waals surface area (Å²) < 4.78 is 4.42. The van der Waals surface area contributed by atoms with Crippen LogP contribution in [0.5, 0.6) is 0 Å². The summed E-state index contributed by atoms with van der Waals surface area (Å²) in [5.74, 6) is -0.194. The molecule has 0 unspecified atom stereocenters. The van der Waals surface area contributed by atoms with E-state index < -0.39 is 0 Å². The number of allylic oxidation sites excluding steroid dienone is 1. The monoisotopic (exact) mass is 141 g/mol. The van der Waals surface area contributed by atoms with Crippen LogP contribution in [-0.2, 0) is 9.53 Å². The fourth-order valence-corrected chi connectivity index (χ4v) is 0.499. The third-order valence-electron chi connectivity index (χ3n) is 1.05.